The van der Waals surface area contributed by atoms with Crippen LogP contribution in [0.5, 0.6) is 17.2 Å². The van der Waals surface area contributed by atoms with Gasteiger partial charge in [0.25, 0.3) is 11.6 Å². The summed E-state index contributed by atoms with van der Waals surface area (Å²) >= 11 is 0. The number of anilines is 1. The summed E-state index contributed by atoms with van der Waals surface area (Å²) in [6, 6.07) is 12.6. The molecule has 0 saturated carbocycles. The van der Waals surface area contributed by atoms with Gasteiger partial charge in [0.1, 0.15) is 11.4 Å². The molecule has 0 aliphatic carbocycles. The highest BCUT2D eigenvalue weighted by Crippen LogP contribution is 2.34. The van der Waals surface area contributed by atoms with Crippen LogP contribution in [0.25, 0.3) is 0 Å². The van der Waals surface area contributed by atoms with Gasteiger partial charge >= 0.3 is 0 Å². The van der Waals surface area contributed by atoms with E-state index in [2.05, 4.69) is 10.4 Å². The van der Waals surface area contributed by atoms with Crippen LogP contribution in [0.2, 0.25) is 0 Å². The summed E-state index contributed by atoms with van der Waals surface area (Å²) in [6.45, 7) is 1.77. The molecule has 9 nitrogen and oxygen atoms in total. The average molecular weight is 382 g/mol. The van der Waals surface area contributed by atoms with Gasteiger partial charge in [0.2, 0.25) is 0 Å². The van der Waals surface area contributed by atoms with Crippen LogP contribution in [-0.4, -0.2) is 27.7 Å². The van der Waals surface area contributed by atoms with Gasteiger partial charge in [-0.3, -0.25) is 19.6 Å². The van der Waals surface area contributed by atoms with E-state index >= 15 is 0 Å². The summed E-state index contributed by atoms with van der Waals surface area (Å²) in [5.74, 6) is 0.622. The molecule has 1 amide bonds. The number of carbonyl (C=O) groups excluding carboxylic acids is 1. The van der Waals surface area contributed by atoms with E-state index in [1.165, 1.54) is 30.0 Å². The molecular weight excluding hydrogens is 364 g/mol. The predicted molar refractivity (Wildman–Crippen MR) is 102 cm³/mol. The quantitative estimate of drug-likeness (QED) is 0.514. The Hall–Kier alpha value is -3.88. The lowest BCUT2D eigenvalue weighted by Gasteiger charge is -2.12. The van der Waals surface area contributed by atoms with E-state index in [1.54, 1.807) is 44.3 Å². The molecule has 0 saturated heterocycles. The lowest BCUT2D eigenvalue weighted by atomic mass is 10.2. The Morgan fingerprint density at radius 1 is 1.18 bits per heavy atom. The summed E-state index contributed by atoms with van der Waals surface area (Å²) in [5, 5.41) is 18.1. The molecule has 0 spiro atoms. The number of hydrogen-bond donors (Lipinski definition) is 1. The lowest BCUT2D eigenvalue weighted by molar-refractivity contribution is -0.384. The maximum Gasteiger partial charge on any atom is 0.275 e. The zero-order valence-electron chi connectivity index (χ0n) is 15.5. The van der Waals surface area contributed by atoms with Crippen molar-refractivity contribution in [3.05, 3.63) is 70.0 Å². The Morgan fingerprint density at radius 2 is 1.89 bits per heavy atom. The molecule has 0 fully saturated rings. The molecule has 9 heteroatoms. The molecule has 2 aromatic carbocycles. The van der Waals surface area contributed by atoms with Crippen molar-refractivity contribution in [3.8, 4) is 17.2 Å². The minimum atomic E-state index is -0.557. The summed E-state index contributed by atoms with van der Waals surface area (Å²) in [4.78, 5) is 23.2. The maximum atomic E-state index is 12.5. The molecule has 0 aliphatic rings. The SMILES string of the molecule is COc1ccccc1Oc1cc(NC(=O)c2cc(C)nn2C)cc([N+](=O)[O-])c1. The van der Waals surface area contributed by atoms with Gasteiger partial charge in [0, 0.05) is 19.2 Å². The van der Waals surface area contributed by atoms with Crippen molar-refractivity contribution in [1.82, 2.24) is 9.78 Å². The van der Waals surface area contributed by atoms with Gasteiger partial charge < -0.3 is 14.8 Å². The summed E-state index contributed by atoms with van der Waals surface area (Å²) in [5.41, 5.74) is 1.02. The number of non-ortho nitro benzene ring substituents is 1. The van der Waals surface area contributed by atoms with Crippen LogP contribution in [0.3, 0.4) is 0 Å². The first-order valence-corrected chi connectivity index (χ1v) is 8.29. The number of nitro groups is 1. The van der Waals surface area contributed by atoms with Crippen LogP contribution in [0.4, 0.5) is 11.4 Å². The van der Waals surface area contributed by atoms with E-state index in [0.29, 0.717) is 22.9 Å². The molecule has 0 radical (unpaired) electrons. The number of nitrogens with zero attached hydrogens (tertiary/aromatic N) is 3. The number of nitrogens with one attached hydrogen (secondary N) is 1. The van der Waals surface area contributed by atoms with Gasteiger partial charge in [-0.05, 0) is 25.1 Å². The number of carbonyl (C=O) groups is 1. The Morgan fingerprint density at radius 3 is 2.50 bits per heavy atom. The van der Waals surface area contributed by atoms with Gasteiger partial charge in [0.15, 0.2) is 11.5 Å². The number of methoxy groups -OCH3 is 1. The van der Waals surface area contributed by atoms with E-state index in [-0.39, 0.29) is 17.1 Å². The first-order chi connectivity index (χ1) is 13.4. The standard InChI is InChI=1S/C19H18N4O5/c1-12-8-16(22(2)21-12)19(24)20-13-9-14(23(25)26)11-15(10-13)28-18-7-5-4-6-17(18)27-3/h4-11H,1-3H3,(H,20,24). The minimum absolute atomic E-state index is 0.190. The topological polar surface area (TPSA) is 109 Å². The van der Waals surface area contributed by atoms with Crippen molar-refractivity contribution in [2.75, 3.05) is 12.4 Å². The minimum Gasteiger partial charge on any atom is -0.493 e. The number of hydrogen-bond acceptors (Lipinski definition) is 6. The number of nitro benzene ring substituents is 1. The highest BCUT2D eigenvalue weighted by Gasteiger charge is 2.17. The van der Waals surface area contributed by atoms with Crippen molar-refractivity contribution in [3.63, 3.8) is 0 Å². The first-order valence-electron chi connectivity index (χ1n) is 8.29. The summed E-state index contributed by atoms with van der Waals surface area (Å²) in [7, 11) is 3.14. The zero-order valence-corrected chi connectivity index (χ0v) is 15.5. The van der Waals surface area contributed by atoms with E-state index in [4.69, 9.17) is 9.47 Å². The number of aromatic nitrogens is 2. The normalized spacial score (nSPS) is 10.4. The Labute approximate surface area is 160 Å². The Balaban J connectivity index is 1.92. The number of aryl methyl sites for hydroxylation is 2. The van der Waals surface area contributed by atoms with Crippen LogP contribution in [-0.2, 0) is 7.05 Å². The fourth-order valence-corrected chi connectivity index (χ4v) is 2.67. The number of benzene rings is 2. The second kappa shape index (κ2) is 7.78. The predicted octanol–water partition coefficient (Wildman–Crippen LogP) is 3.69. The third-order valence-corrected chi connectivity index (χ3v) is 3.89. The molecule has 0 atom stereocenters. The van der Waals surface area contributed by atoms with Crippen molar-refractivity contribution in [2.45, 2.75) is 6.92 Å². The second-order valence-corrected chi connectivity index (χ2v) is 5.97. The third kappa shape index (κ3) is 4.09. The van der Waals surface area contributed by atoms with E-state index < -0.39 is 10.8 Å². The zero-order chi connectivity index (χ0) is 20.3. The van der Waals surface area contributed by atoms with Gasteiger partial charge in [-0.1, -0.05) is 12.1 Å². The van der Waals surface area contributed by atoms with Gasteiger partial charge in [-0.25, -0.2) is 0 Å². The molecule has 1 aromatic heterocycles. The number of para-hydroxylation sites is 2. The highest BCUT2D eigenvalue weighted by molar-refractivity contribution is 6.03. The molecule has 144 valence electrons. The molecule has 3 rings (SSSR count). The average Bonchev–Trinajstić information content (AvgIpc) is 3.00. The number of ether oxygens (including phenoxy) is 2. The van der Waals surface area contributed by atoms with Gasteiger partial charge in [-0.2, -0.15) is 5.10 Å². The van der Waals surface area contributed by atoms with Gasteiger partial charge in [-0.15, -0.1) is 0 Å². The van der Waals surface area contributed by atoms with Crippen molar-refractivity contribution >= 4 is 17.3 Å². The van der Waals surface area contributed by atoms with Crippen molar-refractivity contribution < 1.29 is 19.2 Å². The lowest BCUT2D eigenvalue weighted by Crippen LogP contribution is -2.16. The van der Waals surface area contributed by atoms with Crippen LogP contribution in [0.1, 0.15) is 16.2 Å². The Bertz CT molecular complexity index is 1040. The molecule has 1 heterocycles. The fourth-order valence-electron chi connectivity index (χ4n) is 2.67. The molecular formula is C19H18N4O5. The third-order valence-electron chi connectivity index (χ3n) is 3.89. The number of amides is 1. The van der Waals surface area contributed by atoms with Crippen LogP contribution in [0.15, 0.2) is 48.5 Å². The Kier molecular flexibility index (Phi) is 5.25. The first kappa shape index (κ1) is 18.9. The summed E-state index contributed by atoms with van der Waals surface area (Å²) in [6.07, 6.45) is 0. The maximum absolute atomic E-state index is 12.5. The monoisotopic (exact) mass is 382 g/mol. The summed E-state index contributed by atoms with van der Waals surface area (Å²) < 4.78 is 12.4. The van der Waals surface area contributed by atoms with Gasteiger partial charge in [0.05, 0.1) is 29.5 Å². The van der Waals surface area contributed by atoms with E-state index in [9.17, 15) is 14.9 Å². The number of rotatable bonds is 6. The smallest absolute Gasteiger partial charge is 0.275 e. The molecule has 0 bridgehead atoms. The van der Waals surface area contributed by atoms with Crippen molar-refractivity contribution in [2.24, 2.45) is 7.05 Å². The van der Waals surface area contributed by atoms with E-state index in [1.807, 2.05) is 0 Å². The largest absolute Gasteiger partial charge is 0.493 e. The van der Waals surface area contributed by atoms with Crippen LogP contribution < -0.4 is 14.8 Å². The molecule has 3 aromatic rings. The van der Waals surface area contributed by atoms with Crippen molar-refractivity contribution in [1.29, 1.82) is 0 Å². The molecule has 0 aliphatic heterocycles. The second-order valence-electron chi connectivity index (χ2n) is 5.97. The van der Waals surface area contributed by atoms with Crippen LogP contribution in [0, 0.1) is 17.0 Å². The molecule has 0 unspecified atom stereocenters. The fraction of sp³-hybridized carbons (Fsp3) is 0.158. The molecule has 1 N–H and O–H groups in total. The van der Waals surface area contributed by atoms with E-state index in [0.717, 1.165) is 0 Å². The van der Waals surface area contributed by atoms with Crippen LogP contribution >= 0.6 is 0 Å². The highest BCUT2D eigenvalue weighted by atomic mass is 16.6. The molecule has 28 heavy (non-hydrogen) atoms.